The van der Waals surface area contributed by atoms with Crippen molar-refractivity contribution in [2.24, 2.45) is 11.7 Å². The summed E-state index contributed by atoms with van der Waals surface area (Å²) in [7, 11) is 0. The largest absolute Gasteiger partial charge is 0.481 e. The van der Waals surface area contributed by atoms with Crippen LogP contribution in [0.25, 0.3) is 0 Å². The van der Waals surface area contributed by atoms with Gasteiger partial charge in [0, 0.05) is 17.9 Å². The smallest absolute Gasteiger partial charge is 0.326 e. The van der Waals surface area contributed by atoms with Gasteiger partial charge in [0.05, 0.1) is 6.04 Å². The van der Waals surface area contributed by atoms with Gasteiger partial charge in [0.2, 0.25) is 17.7 Å². The van der Waals surface area contributed by atoms with Crippen LogP contribution in [-0.2, 0) is 24.0 Å². The zero-order valence-electron chi connectivity index (χ0n) is 16.1. The normalized spacial score (nSPS) is 15.0. The van der Waals surface area contributed by atoms with Crippen molar-refractivity contribution in [1.82, 2.24) is 16.0 Å². The summed E-state index contributed by atoms with van der Waals surface area (Å²) in [6.45, 7) is 3.48. The predicted molar refractivity (Wildman–Crippen MR) is 111 cm³/mol. The highest BCUT2D eigenvalue weighted by Gasteiger charge is 2.29. The maximum Gasteiger partial charge on any atom is 0.326 e. The molecule has 7 N–H and O–H groups in total. The maximum absolute atomic E-state index is 12.4. The lowest BCUT2D eigenvalue weighted by atomic mass is 10.0. The van der Waals surface area contributed by atoms with Crippen molar-refractivity contribution in [3.05, 3.63) is 0 Å². The van der Waals surface area contributed by atoms with Crippen LogP contribution in [0.1, 0.15) is 26.7 Å². The Morgan fingerprint density at radius 1 is 0.828 bits per heavy atom. The number of aliphatic carboxylic acids is 2. The minimum absolute atomic E-state index is 0.0698. The fraction of sp³-hybridized carbons (Fsp3) is 0.688. The van der Waals surface area contributed by atoms with Gasteiger partial charge in [-0.1, -0.05) is 13.8 Å². The lowest BCUT2D eigenvalue weighted by molar-refractivity contribution is -0.143. The van der Waals surface area contributed by atoms with E-state index in [1.807, 2.05) is 0 Å². The van der Waals surface area contributed by atoms with E-state index in [1.165, 1.54) is 0 Å². The molecule has 0 aromatic rings. The summed E-state index contributed by atoms with van der Waals surface area (Å²) in [5.41, 5.74) is 5.73. The van der Waals surface area contributed by atoms with E-state index in [1.54, 1.807) is 13.8 Å². The van der Waals surface area contributed by atoms with Gasteiger partial charge < -0.3 is 31.9 Å². The van der Waals surface area contributed by atoms with E-state index < -0.39 is 60.2 Å². The third-order valence-electron chi connectivity index (χ3n) is 3.91. The molecule has 0 aliphatic rings. The molecule has 166 valence electrons. The average molecular weight is 453 g/mol. The molecule has 0 heterocycles. The van der Waals surface area contributed by atoms with Crippen LogP contribution in [0.3, 0.4) is 0 Å². The molecule has 0 bridgehead atoms. The molecule has 0 saturated heterocycles. The zero-order valence-corrected chi connectivity index (χ0v) is 17.9. The van der Waals surface area contributed by atoms with Crippen LogP contribution in [0.15, 0.2) is 0 Å². The van der Waals surface area contributed by atoms with Gasteiger partial charge in [-0.3, -0.25) is 19.2 Å². The first-order chi connectivity index (χ1) is 13.4. The number of amides is 3. The quantitative estimate of drug-likeness (QED) is 0.151. The molecule has 0 fully saturated rings. The Morgan fingerprint density at radius 2 is 1.24 bits per heavy atom. The van der Waals surface area contributed by atoms with Crippen molar-refractivity contribution in [3.63, 3.8) is 0 Å². The second-order valence-corrected chi connectivity index (χ2v) is 7.32. The van der Waals surface area contributed by atoms with E-state index in [9.17, 15) is 24.0 Å². The number of carbonyl (C=O) groups is 5. The van der Waals surface area contributed by atoms with Gasteiger partial charge in [0.25, 0.3) is 0 Å². The van der Waals surface area contributed by atoms with Crippen molar-refractivity contribution < 1.29 is 34.2 Å². The molecule has 0 aromatic carbocycles. The number of carbonyl (C=O) groups excluding carboxylic acids is 3. The van der Waals surface area contributed by atoms with Crippen LogP contribution < -0.4 is 21.7 Å². The van der Waals surface area contributed by atoms with Crippen molar-refractivity contribution in [1.29, 1.82) is 0 Å². The Hall–Kier alpha value is -1.99. The molecule has 11 nitrogen and oxygen atoms in total. The van der Waals surface area contributed by atoms with Gasteiger partial charge in [0.1, 0.15) is 18.1 Å². The van der Waals surface area contributed by atoms with Crippen molar-refractivity contribution in [2.45, 2.75) is 50.9 Å². The molecule has 0 aliphatic heterocycles. The summed E-state index contributed by atoms with van der Waals surface area (Å²) in [5, 5.41) is 24.7. The lowest BCUT2D eigenvalue weighted by Crippen LogP contribution is -2.58. The number of carboxylic acid groups (broad SMARTS) is 2. The number of thiol groups is 2. The van der Waals surface area contributed by atoms with Crippen LogP contribution in [0.2, 0.25) is 0 Å². The topological polar surface area (TPSA) is 188 Å². The first kappa shape index (κ1) is 27.0. The van der Waals surface area contributed by atoms with Gasteiger partial charge in [-0.25, -0.2) is 4.79 Å². The van der Waals surface area contributed by atoms with Gasteiger partial charge in [-0.15, -0.1) is 0 Å². The Bertz CT molecular complexity index is 618. The van der Waals surface area contributed by atoms with E-state index in [0.717, 1.165) is 0 Å². The molecule has 0 rings (SSSR count). The van der Waals surface area contributed by atoms with Crippen molar-refractivity contribution in [3.8, 4) is 0 Å². The zero-order chi connectivity index (χ0) is 22.7. The van der Waals surface area contributed by atoms with Crippen LogP contribution in [0.4, 0.5) is 0 Å². The predicted octanol–water partition coefficient (Wildman–Crippen LogP) is -1.77. The molecule has 0 radical (unpaired) electrons. The minimum Gasteiger partial charge on any atom is -0.481 e. The van der Waals surface area contributed by atoms with E-state index in [4.69, 9.17) is 15.9 Å². The first-order valence-corrected chi connectivity index (χ1v) is 10.0. The summed E-state index contributed by atoms with van der Waals surface area (Å²) in [6, 6.07) is -4.56. The number of carboxylic acids is 2. The first-order valence-electron chi connectivity index (χ1n) is 8.77. The Morgan fingerprint density at radius 3 is 1.59 bits per heavy atom. The second-order valence-electron chi connectivity index (χ2n) is 6.59. The molecule has 0 saturated carbocycles. The maximum atomic E-state index is 12.4. The van der Waals surface area contributed by atoms with E-state index in [2.05, 4.69) is 41.2 Å². The van der Waals surface area contributed by atoms with Gasteiger partial charge >= 0.3 is 11.9 Å². The summed E-state index contributed by atoms with van der Waals surface area (Å²) in [4.78, 5) is 58.5. The molecule has 13 heteroatoms. The molecule has 29 heavy (non-hydrogen) atoms. The van der Waals surface area contributed by atoms with E-state index in [0.29, 0.717) is 0 Å². The molecule has 3 amide bonds. The van der Waals surface area contributed by atoms with Crippen molar-refractivity contribution in [2.75, 3.05) is 11.5 Å². The summed E-state index contributed by atoms with van der Waals surface area (Å²) in [5.74, 6) is -5.15. The standard InChI is InChI=1S/C16H28N4O7S2/c1-7(2)12(17)15(25)20-10(6-29)14(24)19-9(5-28)13(23)18-8(16(26)27)3-4-11(21)22/h7-10,12,28-29H,3-6,17H2,1-2H3,(H,18,23)(H,19,24)(H,20,25)(H,21,22)(H,26,27). The summed E-state index contributed by atoms with van der Waals surface area (Å²) >= 11 is 7.99. The minimum atomic E-state index is -1.44. The SMILES string of the molecule is CC(C)C(N)C(=O)NC(CS)C(=O)NC(CS)C(=O)NC(CCC(=O)O)C(=O)O. The van der Waals surface area contributed by atoms with E-state index >= 15 is 0 Å². The van der Waals surface area contributed by atoms with Crippen LogP contribution in [-0.4, -0.2) is 75.5 Å². The number of hydrogen-bond donors (Lipinski definition) is 8. The number of nitrogens with two attached hydrogens (primary N) is 1. The molecule has 0 aliphatic carbocycles. The van der Waals surface area contributed by atoms with E-state index in [-0.39, 0.29) is 23.8 Å². The second kappa shape index (κ2) is 13.3. The van der Waals surface area contributed by atoms with Crippen LogP contribution in [0, 0.1) is 5.92 Å². The number of hydrogen-bond acceptors (Lipinski definition) is 8. The molecular weight excluding hydrogens is 424 g/mol. The average Bonchev–Trinajstić information content (AvgIpc) is 2.65. The number of rotatable bonds is 13. The lowest BCUT2D eigenvalue weighted by Gasteiger charge is -2.24. The van der Waals surface area contributed by atoms with Crippen molar-refractivity contribution >= 4 is 54.9 Å². The van der Waals surface area contributed by atoms with Crippen LogP contribution in [0.5, 0.6) is 0 Å². The number of nitrogens with one attached hydrogen (secondary N) is 3. The highest BCUT2D eigenvalue weighted by atomic mass is 32.1. The molecule has 0 aromatic heterocycles. The Kier molecular flexibility index (Phi) is 12.4. The fourth-order valence-electron chi connectivity index (χ4n) is 2.03. The highest BCUT2D eigenvalue weighted by Crippen LogP contribution is 2.02. The Labute approximate surface area is 179 Å². The van der Waals surface area contributed by atoms with Gasteiger partial charge in [0.15, 0.2) is 0 Å². The van der Waals surface area contributed by atoms with Gasteiger partial charge in [-0.2, -0.15) is 25.3 Å². The van der Waals surface area contributed by atoms with Gasteiger partial charge in [-0.05, 0) is 12.3 Å². The monoisotopic (exact) mass is 452 g/mol. The molecular formula is C16H28N4O7S2. The fourth-order valence-corrected chi connectivity index (χ4v) is 2.54. The Balaban J connectivity index is 5.01. The summed E-state index contributed by atoms with van der Waals surface area (Å²) in [6.07, 6.45) is -0.787. The molecule has 4 unspecified atom stereocenters. The molecule has 4 atom stereocenters. The summed E-state index contributed by atoms with van der Waals surface area (Å²) < 4.78 is 0. The van der Waals surface area contributed by atoms with Crippen LogP contribution >= 0.6 is 25.3 Å². The third-order valence-corrected chi connectivity index (χ3v) is 4.64. The highest BCUT2D eigenvalue weighted by molar-refractivity contribution is 7.80. The third kappa shape index (κ3) is 9.85. The molecule has 0 spiro atoms.